The van der Waals surface area contributed by atoms with E-state index in [9.17, 15) is 0 Å². The molecule has 17 heavy (non-hydrogen) atoms. The van der Waals surface area contributed by atoms with Crippen LogP contribution in [0.1, 0.15) is 12.0 Å². The maximum atomic E-state index is 5.75. The van der Waals surface area contributed by atoms with Gasteiger partial charge in [-0.05, 0) is 18.7 Å². The van der Waals surface area contributed by atoms with E-state index in [0.29, 0.717) is 26.2 Å². The molecular weight excluding hydrogens is 216 g/mol. The van der Waals surface area contributed by atoms with Crippen molar-refractivity contribution in [2.45, 2.75) is 12.2 Å². The third-order valence-electron chi connectivity index (χ3n) is 3.05. The molecule has 0 aromatic heterocycles. The molecule has 0 radical (unpaired) electrons. The highest BCUT2D eigenvalue weighted by Crippen LogP contribution is 2.35. The van der Waals surface area contributed by atoms with Crippen molar-refractivity contribution in [3.63, 3.8) is 0 Å². The van der Waals surface area contributed by atoms with Gasteiger partial charge in [-0.25, -0.2) is 0 Å². The molecule has 2 rings (SSSR count). The minimum atomic E-state index is -0.625. The lowest BCUT2D eigenvalue weighted by molar-refractivity contribution is -0.168. The molecule has 4 heteroatoms. The van der Waals surface area contributed by atoms with Crippen LogP contribution in [0.3, 0.4) is 0 Å². The van der Waals surface area contributed by atoms with Crippen LogP contribution in [0.15, 0.2) is 24.3 Å². The predicted octanol–water partition coefficient (Wildman–Crippen LogP) is 1.30. The van der Waals surface area contributed by atoms with Crippen LogP contribution < -0.4 is 10.6 Å². The van der Waals surface area contributed by atoms with E-state index in [0.717, 1.165) is 11.3 Å². The smallest absolute Gasteiger partial charge is 0.196 e. The molecule has 1 heterocycles. The maximum Gasteiger partial charge on any atom is 0.196 e. The minimum Gasteiger partial charge on any atom is -0.378 e. The minimum absolute atomic E-state index is 0.551. The molecule has 0 aliphatic carbocycles. The quantitative estimate of drug-likeness (QED) is 0.856. The lowest BCUT2D eigenvalue weighted by Crippen LogP contribution is -2.30. The topological polar surface area (TPSA) is 47.7 Å². The normalized spacial score (nSPS) is 18.3. The molecular formula is C13H20N2O2. The average Bonchev–Trinajstić information content (AvgIpc) is 2.79. The summed E-state index contributed by atoms with van der Waals surface area (Å²) >= 11 is 0. The van der Waals surface area contributed by atoms with Crippen molar-refractivity contribution < 1.29 is 9.47 Å². The van der Waals surface area contributed by atoms with Crippen molar-refractivity contribution in [2.24, 2.45) is 5.73 Å². The Labute approximate surface area is 102 Å². The number of nitrogens with zero attached hydrogens (tertiary/aromatic N) is 1. The summed E-state index contributed by atoms with van der Waals surface area (Å²) in [6.45, 7) is 1.82. The lowest BCUT2D eigenvalue weighted by Gasteiger charge is -2.27. The van der Waals surface area contributed by atoms with Crippen LogP contribution in [0.25, 0.3) is 0 Å². The standard InChI is InChI=1S/C13H20N2O2/c1-15(2)12-5-3-11(4-6-12)13(7-8-14)16-9-10-17-13/h3-6H,7-10,14H2,1-2H3. The molecule has 4 nitrogen and oxygen atoms in total. The Morgan fingerprint density at radius 1 is 1.18 bits per heavy atom. The van der Waals surface area contributed by atoms with E-state index >= 15 is 0 Å². The summed E-state index contributed by atoms with van der Waals surface area (Å²) in [5.74, 6) is -0.625. The first-order valence-electron chi connectivity index (χ1n) is 5.94. The third-order valence-corrected chi connectivity index (χ3v) is 3.05. The molecule has 1 aromatic carbocycles. The molecule has 1 fully saturated rings. The monoisotopic (exact) mass is 236 g/mol. The molecule has 94 valence electrons. The van der Waals surface area contributed by atoms with Crippen molar-refractivity contribution in [2.75, 3.05) is 38.8 Å². The fourth-order valence-electron chi connectivity index (χ4n) is 2.11. The highest BCUT2D eigenvalue weighted by Gasteiger charge is 2.37. The third kappa shape index (κ3) is 2.44. The number of rotatable bonds is 4. The van der Waals surface area contributed by atoms with Gasteiger partial charge in [-0.1, -0.05) is 12.1 Å². The van der Waals surface area contributed by atoms with E-state index in [2.05, 4.69) is 29.2 Å². The van der Waals surface area contributed by atoms with Gasteiger partial charge in [-0.3, -0.25) is 0 Å². The summed E-state index contributed by atoms with van der Waals surface area (Å²) in [6, 6.07) is 8.24. The van der Waals surface area contributed by atoms with Gasteiger partial charge in [0, 0.05) is 31.8 Å². The van der Waals surface area contributed by atoms with E-state index in [1.54, 1.807) is 0 Å². The lowest BCUT2D eigenvalue weighted by atomic mass is 10.0. The molecule has 1 saturated heterocycles. The van der Waals surface area contributed by atoms with Gasteiger partial charge in [0.2, 0.25) is 0 Å². The summed E-state index contributed by atoms with van der Waals surface area (Å²) in [4.78, 5) is 2.07. The fraction of sp³-hybridized carbons (Fsp3) is 0.538. The molecule has 0 atom stereocenters. The van der Waals surface area contributed by atoms with Crippen LogP contribution in [0.5, 0.6) is 0 Å². The SMILES string of the molecule is CN(C)c1ccc(C2(CCN)OCCO2)cc1. The Morgan fingerprint density at radius 2 is 1.76 bits per heavy atom. The van der Waals surface area contributed by atoms with E-state index in [4.69, 9.17) is 15.2 Å². The number of hydrogen-bond acceptors (Lipinski definition) is 4. The van der Waals surface area contributed by atoms with Gasteiger partial charge >= 0.3 is 0 Å². The van der Waals surface area contributed by atoms with Gasteiger partial charge in [0.25, 0.3) is 0 Å². The summed E-state index contributed by atoms with van der Waals surface area (Å²) in [5, 5.41) is 0. The molecule has 0 saturated carbocycles. The van der Waals surface area contributed by atoms with Crippen LogP contribution in [-0.4, -0.2) is 33.9 Å². The number of ether oxygens (including phenoxy) is 2. The second kappa shape index (κ2) is 5.04. The maximum absolute atomic E-state index is 5.75. The number of hydrogen-bond donors (Lipinski definition) is 1. The van der Waals surface area contributed by atoms with Gasteiger partial charge in [-0.15, -0.1) is 0 Å². The number of benzene rings is 1. The van der Waals surface area contributed by atoms with Crippen molar-refractivity contribution in [3.05, 3.63) is 29.8 Å². The number of anilines is 1. The second-order valence-electron chi connectivity index (χ2n) is 4.43. The van der Waals surface area contributed by atoms with Crippen molar-refractivity contribution in [1.82, 2.24) is 0 Å². The summed E-state index contributed by atoms with van der Waals surface area (Å²) in [6.07, 6.45) is 0.689. The van der Waals surface area contributed by atoms with Crippen LogP contribution >= 0.6 is 0 Å². The summed E-state index contributed by atoms with van der Waals surface area (Å²) < 4.78 is 11.5. The Hall–Kier alpha value is -1.10. The largest absolute Gasteiger partial charge is 0.378 e. The molecule has 2 N–H and O–H groups in total. The Kier molecular flexibility index (Phi) is 3.66. The number of nitrogens with two attached hydrogens (primary N) is 1. The van der Waals surface area contributed by atoms with E-state index in [1.807, 2.05) is 14.1 Å². The first-order chi connectivity index (χ1) is 8.18. The van der Waals surface area contributed by atoms with Gasteiger partial charge in [0.05, 0.1) is 13.2 Å². The van der Waals surface area contributed by atoms with Gasteiger partial charge in [0.1, 0.15) is 0 Å². The first-order valence-corrected chi connectivity index (χ1v) is 5.94. The molecule has 1 aromatic rings. The molecule has 0 bridgehead atoms. The van der Waals surface area contributed by atoms with Crippen molar-refractivity contribution >= 4 is 5.69 Å². The zero-order valence-electron chi connectivity index (χ0n) is 10.5. The highest BCUT2D eigenvalue weighted by molar-refractivity contribution is 5.46. The molecule has 0 amide bonds. The van der Waals surface area contributed by atoms with E-state index < -0.39 is 5.79 Å². The molecule has 1 aliphatic heterocycles. The van der Waals surface area contributed by atoms with Gasteiger partial charge < -0.3 is 20.1 Å². The summed E-state index contributed by atoms with van der Waals surface area (Å²) in [7, 11) is 4.04. The first kappa shape index (κ1) is 12.4. The summed E-state index contributed by atoms with van der Waals surface area (Å²) in [5.41, 5.74) is 7.85. The van der Waals surface area contributed by atoms with Crippen molar-refractivity contribution in [3.8, 4) is 0 Å². The molecule has 0 spiro atoms. The fourth-order valence-corrected chi connectivity index (χ4v) is 2.11. The zero-order chi connectivity index (χ0) is 12.3. The van der Waals surface area contributed by atoms with Crippen LogP contribution in [0.2, 0.25) is 0 Å². The van der Waals surface area contributed by atoms with Gasteiger partial charge in [-0.2, -0.15) is 0 Å². The molecule has 0 unspecified atom stereocenters. The van der Waals surface area contributed by atoms with Gasteiger partial charge in [0.15, 0.2) is 5.79 Å². The molecule has 1 aliphatic rings. The second-order valence-corrected chi connectivity index (χ2v) is 4.43. The Balaban J connectivity index is 2.24. The Morgan fingerprint density at radius 3 is 2.24 bits per heavy atom. The predicted molar refractivity (Wildman–Crippen MR) is 68.0 cm³/mol. The van der Waals surface area contributed by atoms with Crippen LogP contribution in [0, 0.1) is 0 Å². The Bertz CT molecular complexity index is 356. The van der Waals surface area contributed by atoms with Crippen molar-refractivity contribution in [1.29, 1.82) is 0 Å². The average molecular weight is 236 g/mol. The zero-order valence-corrected chi connectivity index (χ0v) is 10.5. The van der Waals surface area contributed by atoms with Crippen LogP contribution in [-0.2, 0) is 15.3 Å². The van der Waals surface area contributed by atoms with E-state index in [-0.39, 0.29) is 0 Å². The van der Waals surface area contributed by atoms with E-state index in [1.165, 1.54) is 0 Å². The van der Waals surface area contributed by atoms with Crippen LogP contribution in [0.4, 0.5) is 5.69 Å². The highest BCUT2D eigenvalue weighted by atomic mass is 16.7.